The highest BCUT2D eigenvalue weighted by Crippen LogP contribution is 2.31. The molecule has 2 aromatic carbocycles. The lowest BCUT2D eigenvalue weighted by molar-refractivity contribution is -0.144. The van der Waals surface area contributed by atoms with Crippen LogP contribution >= 0.6 is 0 Å². The number of nitrogens with zero attached hydrogens (tertiary/aromatic N) is 2. The van der Waals surface area contributed by atoms with Gasteiger partial charge in [0.25, 0.3) is 0 Å². The van der Waals surface area contributed by atoms with Crippen LogP contribution in [0.25, 0.3) is 0 Å². The molecule has 4 amide bonds. The van der Waals surface area contributed by atoms with Gasteiger partial charge in [-0.2, -0.15) is 0 Å². The zero-order valence-corrected chi connectivity index (χ0v) is 14.8. The van der Waals surface area contributed by atoms with Crippen LogP contribution in [-0.4, -0.2) is 33.7 Å². The first kappa shape index (κ1) is 17.3. The van der Waals surface area contributed by atoms with E-state index >= 15 is 0 Å². The van der Waals surface area contributed by atoms with Crippen molar-refractivity contribution in [1.29, 1.82) is 0 Å². The van der Waals surface area contributed by atoms with Gasteiger partial charge in [-0.3, -0.25) is 19.4 Å². The molecule has 6 nitrogen and oxygen atoms in total. The first-order chi connectivity index (χ1) is 13.1. The minimum Gasteiger partial charge on any atom is -0.457 e. The Labute approximate surface area is 157 Å². The van der Waals surface area contributed by atoms with Gasteiger partial charge in [-0.1, -0.05) is 49.2 Å². The summed E-state index contributed by atoms with van der Waals surface area (Å²) in [7, 11) is 0. The number of rotatable bonds is 5. The Morgan fingerprint density at radius 1 is 0.852 bits per heavy atom. The summed E-state index contributed by atoms with van der Waals surface area (Å²) in [5, 5.41) is 0. The smallest absolute Gasteiger partial charge is 0.334 e. The van der Waals surface area contributed by atoms with Crippen molar-refractivity contribution < 1.29 is 19.1 Å². The molecule has 1 aliphatic carbocycles. The number of hydrogen-bond acceptors (Lipinski definition) is 4. The second-order valence-electron chi connectivity index (χ2n) is 6.81. The monoisotopic (exact) mass is 364 g/mol. The molecule has 1 aliphatic heterocycles. The minimum absolute atomic E-state index is 0.00956. The van der Waals surface area contributed by atoms with E-state index in [4.69, 9.17) is 4.74 Å². The molecule has 0 spiro atoms. The van der Waals surface area contributed by atoms with E-state index in [1.165, 1.54) is 0 Å². The lowest BCUT2D eigenvalue weighted by Gasteiger charge is -2.21. The second kappa shape index (κ2) is 7.23. The maximum Gasteiger partial charge on any atom is 0.334 e. The molecule has 1 heterocycles. The summed E-state index contributed by atoms with van der Waals surface area (Å²) < 4.78 is 5.90. The second-order valence-corrected chi connectivity index (χ2v) is 6.81. The summed E-state index contributed by atoms with van der Waals surface area (Å²) in [5.74, 6) is -0.265. The fourth-order valence-corrected chi connectivity index (χ4v) is 3.67. The van der Waals surface area contributed by atoms with Crippen molar-refractivity contribution in [3.8, 4) is 11.5 Å². The van der Waals surface area contributed by atoms with Gasteiger partial charge < -0.3 is 4.74 Å². The van der Waals surface area contributed by atoms with Crippen molar-refractivity contribution in [2.24, 2.45) is 0 Å². The average molecular weight is 364 g/mol. The van der Waals surface area contributed by atoms with Gasteiger partial charge in [0.15, 0.2) is 0 Å². The maximum absolute atomic E-state index is 12.8. The fourth-order valence-electron chi connectivity index (χ4n) is 3.67. The number of ether oxygens (including phenoxy) is 1. The van der Waals surface area contributed by atoms with Crippen molar-refractivity contribution in [3.05, 3.63) is 60.2 Å². The van der Waals surface area contributed by atoms with Crippen molar-refractivity contribution in [1.82, 2.24) is 9.80 Å². The SMILES string of the molecule is O=C1C(=O)N(C2CCCC2)C(=O)N1Cc1ccccc1Oc1ccccc1. The first-order valence-corrected chi connectivity index (χ1v) is 9.15. The van der Waals surface area contributed by atoms with Gasteiger partial charge in [-0.15, -0.1) is 0 Å². The average Bonchev–Trinajstić information content (AvgIpc) is 3.27. The van der Waals surface area contributed by atoms with E-state index in [1.807, 2.05) is 42.5 Å². The Hall–Kier alpha value is -3.15. The predicted molar refractivity (Wildman–Crippen MR) is 98.0 cm³/mol. The molecule has 0 atom stereocenters. The topological polar surface area (TPSA) is 66.9 Å². The Kier molecular flexibility index (Phi) is 4.62. The number of carbonyl (C=O) groups is 3. The number of hydrogen-bond donors (Lipinski definition) is 0. The number of imide groups is 2. The largest absolute Gasteiger partial charge is 0.457 e. The van der Waals surface area contributed by atoms with Crippen LogP contribution in [-0.2, 0) is 16.1 Å². The molecule has 1 saturated heterocycles. The van der Waals surface area contributed by atoms with Crippen LogP contribution in [0, 0.1) is 0 Å². The van der Waals surface area contributed by atoms with Gasteiger partial charge in [0, 0.05) is 11.6 Å². The molecule has 0 aromatic heterocycles. The van der Waals surface area contributed by atoms with Crippen molar-refractivity contribution in [2.75, 3.05) is 0 Å². The normalized spacial score (nSPS) is 17.9. The predicted octanol–water partition coefficient (Wildman–Crippen LogP) is 3.71. The third-order valence-electron chi connectivity index (χ3n) is 5.05. The maximum atomic E-state index is 12.8. The molecule has 27 heavy (non-hydrogen) atoms. The highest BCUT2D eigenvalue weighted by molar-refractivity contribution is 6.44. The van der Waals surface area contributed by atoms with Crippen LogP contribution in [0.1, 0.15) is 31.2 Å². The summed E-state index contributed by atoms with van der Waals surface area (Å²) in [6, 6.07) is 15.8. The van der Waals surface area contributed by atoms with Crippen LogP contribution in [0.15, 0.2) is 54.6 Å². The molecule has 138 valence electrons. The van der Waals surface area contributed by atoms with E-state index in [0.29, 0.717) is 17.1 Å². The molecule has 0 radical (unpaired) electrons. The van der Waals surface area contributed by atoms with Gasteiger partial charge >= 0.3 is 17.8 Å². The molecule has 0 bridgehead atoms. The van der Waals surface area contributed by atoms with Gasteiger partial charge in [-0.25, -0.2) is 4.79 Å². The molecule has 1 saturated carbocycles. The zero-order valence-electron chi connectivity index (χ0n) is 14.8. The molecular formula is C21H20N2O4. The molecule has 2 fully saturated rings. The van der Waals surface area contributed by atoms with Crippen LogP contribution in [0.4, 0.5) is 4.79 Å². The van der Waals surface area contributed by atoms with E-state index < -0.39 is 17.8 Å². The number of para-hydroxylation sites is 2. The third kappa shape index (κ3) is 3.30. The standard InChI is InChI=1S/C21H20N2O4/c24-19-20(25)23(16-9-5-6-10-16)21(26)22(19)14-15-8-4-7-13-18(15)27-17-11-2-1-3-12-17/h1-4,7-8,11-13,16H,5-6,9-10,14H2. The summed E-state index contributed by atoms with van der Waals surface area (Å²) in [4.78, 5) is 39.7. The summed E-state index contributed by atoms with van der Waals surface area (Å²) >= 11 is 0. The Balaban J connectivity index is 1.56. The van der Waals surface area contributed by atoms with E-state index in [1.54, 1.807) is 12.1 Å². The van der Waals surface area contributed by atoms with E-state index in [-0.39, 0.29) is 12.6 Å². The van der Waals surface area contributed by atoms with Gasteiger partial charge in [0.1, 0.15) is 11.5 Å². The van der Waals surface area contributed by atoms with Crippen molar-refractivity contribution >= 4 is 17.8 Å². The van der Waals surface area contributed by atoms with Gasteiger partial charge in [-0.05, 0) is 31.0 Å². The fraction of sp³-hybridized carbons (Fsp3) is 0.286. The number of urea groups is 1. The molecule has 2 aliphatic rings. The van der Waals surface area contributed by atoms with E-state index in [2.05, 4.69) is 0 Å². The van der Waals surface area contributed by atoms with Crippen LogP contribution in [0.3, 0.4) is 0 Å². The Morgan fingerprint density at radius 2 is 1.52 bits per heavy atom. The Morgan fingerprint density at radius 3 is 2.26 bits per heavy atom. The Bertz CT molecular complexity index is 875. The van der Waals surface area contributed by atoms with Crippen molar-refractivity contribution in [3.63, 3.8) is 0 Å². The number of benzene rings is 2. The zero-order chi connectivity index (χ0) is 18.8. The van der Waals surface area contributed by atoms with Crippen LogP contribution in [0.5, 0.6) is 11.5 Å². The highest BCUT2D eigenvalue weighted by Gasteiger charge is 2.48. The summed E-state index contributed by atoms with van der Waals surface area (Å²) in [5.41, 5.74) is 0.670. The van der Waals surface area contributed by atoms with E-state index in [0.717, 1.165) is 35.5 Å². The number of carbonyl (C=O) groups excluding carboxylic acids is 3. The minimum atomic E-state index is -0.763. The number of amides is 4. The van der Waals surface area contributed by atoms with Crippen LogP contribution < -0.4 is 4.74 Å². The van der Waals surface area contributed by atoms with E-state index in [9.17, 15) is 14.4 Å². The molecule has 6 heteroatoms. The molecule has 0 N–H and O–H groups in total. The molecule has 0 unspecified atom stereocenters. The van der Waals surface area contributed by atoms with Crippen LogP contribution in [0.2, 0.25) is 0 Å². The first-order valence-electron chi connectivity index (χ1n) is 9.15. The summed E-state index contributed by atoms with van der Waals surface area (Å²) in [6.07, 6.45) is 3.49. The molecule has 2 aromatic rings. The quantitative estimate of drug-likeness (QED) is 0.599. The van der Waals surface area contributed by atoms with Gasteiger partial charge in [0.2, 0.25) is 0 Å². The molecule has 4 rings (SSSR count). The van der Waals surface area contributed by atoms with Crippen molar-refractivity contribution in [2.45, 2.75) is 38.3 Å². The molecular weight excluding hydrogens is 344 g/mol. The summed E-state index contributed by atoms with van der Waals surface area (Å²) in [6.45, 7) is 0.00956. The lowest BCUT2D eigenvalue weighted by Crippen LogP contribution is -2.39. The van der Waals surface area contributed by atoms with Gasteiger partial charge in [0.05, 0.1) is 6.54 Å². The third-order valence-corrected chi connectivity index (χ3v) is 5.05. The lowest BCUT2D eigenvalue weighted by atomic mass is 10.2. The highest BCUT2D eigenvalue weighted by atomic mass is 16.5.